The van der Waals surface area contributed by atoms with Crippen molar-refractivity contribution >= 4 is 28.8 Å². The molecule has 0 aliphatic heterocycles. The topological polar surface area (TPSA) is 0 Å². The first-order valence-electron chi connectivity index (χ1n) is 9.14. The Morgan fingerprint density at radius 3 is 1.17 bits per heavy atom. The molecule has 0 spiro atoms. The van der Waals surface area contributed by atoms with E-state index in [1.165, 1.54) is 31.9 Å². The smallest absolute Gasteiger partial charge is 1.00 e. The number of halogens is 3. The van der Waals surface area contributed by atoms with Gasteiger partial charge in [0.1, 0.15) is 8.07 Å². The summed E-state index contributed by atoms with van der Waals surface area (Å²) in [4.78, 5) is 0. The predicted molar refractivity (Wildman–Crippen MR) is 115 cm³/mol. The number of aryl methyl sites for hydroxylation is 2. The van der Waals surface area contributed by atoms with Gasteiger partial charge in [-0.25, -0.2) is 11.6 Å². The largest absolute Gasteiger partial charge is 4.00 e. The zero-order valence-corrected chi connectivity index (χ0v) is 21.8. The van der Waals surface area contributed by atoms with E-state index in [4.69, 9.17) is 0 Å². The van der Waals surface area contributed by atoms with E-state index in [-0.39, 0.29) is 58.9 Å². The van der Waals surface area contributed by atoms with Gasteiger partial charge in [0, 0.05) is 0 Å². The number of hydrogen-bond donors (Lipinski definition) is 0. The Morgan fingerprint density at radius 2 is 0.900 bits per heavy atom. The van der Waals surface area contributed by atoms with Crippen molar-refractivity contribution in [3.8, 4) is 0 Å². The van der Waals surface area contributed by atoms with E-state index in [1.54, 1.807) is 0 Å². The van der Waals surface area contributed by atoms with Gasteiger partial charge in [0.25, 0.3) is 0 Å². The van der Waals surface area contributed by atoms with Crippen LogP contribution < -0.4 is 58.0 Å². The molecule has 0 fully saturated rings. The summed E-state index contributed by atoms with van der Waals surface area (Å²) in [5, 5.41) is 5.81. The van der Waals surface area contributed by atoms with Gasteiger partial charge in [-0.05, 0) is 0 Å². The SMILES string of the molecule is Cc1cc(C)[c-]([Si](c2ccccc2)(c2ccccc2)c2ccccc2)c1.[Cl-].[Cl-].[Cl-].[Ti+4]. The Balaban J connectivity index is 0.00000210. The van der Waals surface area contributed by atoms with Crippen molar-refractivity contribution < 1.29 is 58.9 Å². The summed E-state index contributed by atoms with van der Waals surface area (Å²) in [6, 6.07) is 38.0. The molecule has 0 aliphatic carbocycles. The first-order chi connectivity index (χ1) is 12.7. The van der Waals surface area contributed by atoms with Gasteiger partial charge in [-0.3, -0.25) is 0 Å². The molecule has 0 heterocycles. The van der Waals surface area contributed by atoms with Gasteiger partial charge in [0.2, 0.25) is 0 Å². The van der Waals surface area contributed by atoms with Crippen LogP contribution in [0.1, 0.15) is 11.1 Å². The minimum atomic E-state index is -2.32. The second-order valence-corrected chi connectivity index (χ2v) is 10.7. The molecule has 0 saturated heterocycles. The molecule has 0 amide bonds. The van der Waals surface area contributed by atoms with Crippen molar-refractivity contribution in [3.05, 3.63) is 114 Å². The van der Waals surface area contributed by atoms with E-state index >= 15 is 0 Å². The molecular formula is C25H23Cl3SiTi. The maximum atomic E-state index is 2.41. The summed E-state index contributed by atoms with van der Waals surface area (Å²) in [5.41, 5.74) is 2.74. The Labute approximate surface area is 214 Å². The van der Waals surface area contributed by atoms with Crippen LogP contribution in [0, 0.1) is 13.8 Å². The summed E-state index contributed by atoms with van der Waals surface area (Å²) in [6.45, 7) is 4.47. The molecule has 0 N–H and O–H groups in total. The molecule has 0 bridgehead atoms. The van der Waals surface area contributed by atoms with Crippen LogP contribution in [0.25, 0.3) is 0 Å². The molecule has 0 radical (unpaired) electrons. The third-order valence-corrected chi connectivity index (χ3v) is 10.2. The van der Waals surface area contributed by atoms with Crippen LogP contribution in [0.2, 0.25) is 0 Å². The minimum Gasteiger partial charge on any atom is -1.00 e. The number of rotatable bonds is 4. The van der Waals surface area contributed by atoms with Crippen molar-refractivity contribution in [2.24, 2.45) is 0 Å². The average molecular weight is 506 g/mol. The Hall–Kier alpha value is -1.19. The van der Waals surface area contributed by atoms with Crippen molar-refractivity contribution in [3.63, 3.8) is 0 Å². The summed E-state index contributed by atoms with van der Waals surface area (Å²) >= 11 is 0. The molecule has 152 valence electrons. The molecule has 0 aromatic heterocycles. The van der Waals surface area contributed by atoms with Gasteiger partial charge in [0.15, 0.2) is 0 Å². The summed E-state index contributed by atoms with van der Waals surface area (Å²) in [7, 11) is -2.32. The van der Waals surface area contributed by atoms with E-state index in [9.17, 15) is 0 Å². The second-order valence-electron chi connectivity index (χ2n) is 6.98. The first kappa shape index (κ1) is 28.8. The van der Waals surface area contributed by atoms with Gasteiger partial charge in [-0.2, -0.15) is 11.6 Å². The van der Waals surface area contributed by atoms with Gasteiger partial charge in [0.05, 0.1) is 0 Å². The third kappa shape index (κ3) is 5.16. The van der Waals surface area contributed by atoms with Crippen LogP contribution >= 0.6 is 0 Å². The monoisotopic (exact) mass is 504 g/mol. The molecule has 0 aliphatic rings. The first-order valence-corrected chi connectivity index (χ1v) is 11.1. The van der Waals surface area contributed by atoms with E-state index in [1.807, 2.05) is 0 Å². The maximum absolute atomic E-state index is 2.41. The fourth-order valence-corrected chi connectivity index (χ4v) is 9.36. The molecular weight excluding hydrogens is 483 g/mol. The third-order valence-electron chi connectivity index (χ3n) is 5.27. The van der Waals surface area contributed by atoms with Gasteiger partial charge in [-0.15, -0.1) is 5.19 Å². The molecule has 0 saturated carbocycles. The Morgan fingerprint density at radius 1 is 0.567 bits per heavy atom. The van der Waals surface area contributed by atoms with E-state index in [0.717, 1.165) is 0 Å². The molecule has 0 unspecified atom stereocenters. The second kappa shape index (κ2) is 12.6. The van der Waals surface area contributed by atoms with Crippen molar-refractivity contribution in [2.45, 2.75) is 13.8 Å². The fraction of sp³-hybridized carbons (Fsp3) is 0.0800. The minimum absolute atomic E-state index is 0. The summed E-state index contributed by atoms with van der Waals surface area (Å²) in [6.07, 6.45) is 0. The van der Waals surface area contributed by atoms with Crippen LogP contribution in [-0.4, -0.2) is 8.07 Å². The quantitative estimate of drug-likeness (QED) is 0.148. The van der Waals surface area contributed by atoms with E-state index in [2.05, 4.69) is 117 Å². The molecule has 30 heavy (non-hydrogen) atoms. The van der Waals surface area contributed by atoms with Crippen molar-refractivity contribution in [1.82, 2.24) is 0 Å². The zero-order valence-electron chi connectivity index (χ0n) is 16.9. The summed E-state index contributed by atoms with van der Waals surface area (Å²) < 4.78 is 0. The van der Waals surface area contributed by atoms with Crippen molar-refractivity contribution in [2.75, 3.05) is 0 Å². The normalized spacial score (nSPS) is 9.93. The van der Waals surface area contributed by atoms with Crippen LogP contribution in [0.15, 0.2) is 103 Å². The van der Waals surface area contributed by atoms with Crippen LogP contribution in [-0.2, 0) is 21.7 Å². The van der Waals surface area contributed by atoms with Crippen molar-refractivity contribution in [1.29, 1.82) is 0 Å². The maximum Gasteiger partial charge on any atom is 4.00 e. The van der Waals surface area contributed by atoms with Crippen LogP contribution in [0.3, 0.4) is 0 Å². The standard InChI is InChI=1S/C25H23Si.3ClH.Ti/c1-20-18-21(2)25(19-20)26(22-12-6-3-7-13-22,23-14-8-4-9-15-23)24-16-10-5-11-17-24;;;;/h3-19H,1-2H3;3*1H;/q-1;;;;+4/p-3. The molecule has 0 atom stereocenters. The zero-order chi connectivity index (χ0) is 18.0. The molecule has 4 aromatic carbocycles. The summed E-state index contributed by atoms with van der Waals surface area (Å²) in [5.74, 6) is 0. The van der Waals surface area contributed by atoms with E-state index in [0.29, 0.717) is 0 Å². The fourth-order valence-electron chi connectivity index (χ4n) is 4.24. The molecule has 5 heteroatoms. The van der Waals surface area contributed by atoms with E-state index < -0.39 is 8.07 Å². The molecule has 0 nitrogen and oxygen atoms in total. The Kier molecular flexibility index (Phi) is 12.1. The average Bonchev–Trinajstić information content (AvgIpc) is 3.03. The van der Waals surface area contributed by atoms with Gasteiger partial charge in [-0.1, -0.05) is 120 Å². The van der Waals surface area contributed by atoms with Gasteiger partial charge >= 0.3 is 21.7 Å². The number of hydrogen-bond acceptors (Lipinski definition) is 0. The molecule has 4 aromatic rings. The predicted octanol–water partition coefficient (Wildman–Crippen LogP) is -5.59. The number of benzene rings is 3. The van der Waals surface area contributed by atoms with Crippen LogP contribution in [0.4, 0.5) is 0 Å². The van der Waals surface area contributed by atoms with Crippen LogP contribution in [0.5, 0.6) is 0 Å². The Bertz CT molecular complexity index is 906. The molecule has 4 rings (SSSR count). The van der Waals surface area contributed by atoms with Gasteiger partial charge < -0.3 is 37.2 Å².